The van der Waals surface area contributed by atoms with Crippen molar-refractivity contribution in [1.29, 1.82) is 0 Å². The van der Waals surface area contributed by atoms with Crippen LogP contribution < -0.4 is 0 Å². The molecule has 0 fully saturated rings. The van der Waals surface area contributed by atoms with E-state index in [1.165, 1.54) is 5.56 Å². The Balaban J connectivity index is 1.97. The Morgan fingerprint density at radius 2 is 2.05 bits per heavy atom. The molecule has 0 saturated carbocycles. The molecule has 0 amide bonds. The molecule has 2 rings (SSSR count). The second-order valence-electron chi connectivity index (χ2n) is 4.49. The smallest absolute Gasteiger partial charge is 0.356 e. The zero-order chi connectivity index (χ0) is 13.7. The van der Waals surface area contributed by atoms with Crippen LogP contribution in [0.25, 0.3) is 0 Å². The third kappa shape index (κ3) is 3.44. The Morgan fingerprint density at radius 1 is 1.32 bits per heavy atom. The van der Waals surface area contributed by atoms with Crippen molar-refractivity contribution in [3.8, 4) is 0 Å². The highest BCUT2D eigenvalue weighted by molar-refractivity contribution is 5.85. The first-order chi connectivity index (χ1) is 9.20. The standard InChI is InChI=1S/C15H18N2O2/c1-2-13-11-14(15(18)19)16-17(13)10-6-9-12-7-4-3-5-8-12/h3-5,7-8,11H,2,6,9-10H2,1H3,(H,18,19). The van der Waals surface area contributed by atoms with Crippen LogP contribution in [0.15, 0.2) is 36.4 Å². The van der Waals surface area contributed by atoms with Crippen molar-refractivity contribution in [3.63, 3.8) is 0 Å². The molecule has 0 saturated heterocycles. The summed E-state index contributed by atoms with van der Waals surface area (Å²) in [5, 5.41) is 13.1. The van der Waals surface area contributed by atoms with Gasteiger partial charge in [0.05, 0.1) is 0 Å². The number of aromatic carboxylic acids is 1. The first-order valence-corrected chi connectivity index (χ1v) is 6.54. The van der Waals surface area contributed by atoms with Gasteiger partial charge < -0.3 is 5.11 Å². The van der Waals surface area contributed by atoms with Crippen molar-refractivity contribution in [2.24, 2.45) is 0 Å². The topological polar surface area (TPSA) is 55.1 Å². The minimum atomic E-state index is -0.962. The summed E-state index contributed by atoms with van der Waals surface area (Å²) in [6.45, 7) is 2.77. The number of benzene rings is 1. The van der Waals surface area contributed by atoms with Gasteiger partial charge in [-0.05, 0) is 30.9 Å². The van der Waals surface area contributed by atoms with E-state index >= 15 is 0 Å². The van der Waals surface area contributed by atoms with E-state index in [0.717, 1.165) is 31.5 Å². The molecule has 1 N–H and O–H groups in total. The average molecular weight is 258 g/mol. The molecular weight excluding hydrogens is 240 g/mol. The van der Waals surface area contributed by atoms with E-state index in [0.29, 0.717) is 0 Å². The van der Waals surface area contributed by atoms with Gasteiger partial charge in [0.15, 0.2) is 5.69 Å². The van der Waals surface area contributed by atoms with Crippen molar-refractivity contribution >= 4 is 5.97 Å². The molecule has 0 unspecified atom stereocenters. The van der Waals surface area contributed by atoms with Crippen LogP contribution in [-0.4, -0.2) is 20.9 Å². The number of carbonyl (C=O) groups is 1. The molecule has 0 radical (unpaired) electrons. The van der Waals surface area contributed by atoms with Gasteiger partial charge in [-0.25, -0.2) is 4.79 Å². The maximum Gasteiger partial charge on any atom is 0.356 e. The fourth-order valence-corrected chi connectivity index (χ4v) is 2.12. The van der Waals surface area contributed by atoms with Gasteiger partial charge in [-0.1, -0.05) is 37.3 Å². The van der Waals surface area contributed by atoms with Gasteiger partial charge in [-0.3, -0.25) is 4.68 Å². The van der Waals surface area contributed by atoms with E-state index in [1.54, 1.807) is 6.07 Å². The van der Waals surface area contributed by atoms with Crippen LogP contribution in [0.3, 0.4) is 0 Å². The van der Waals surface area contributed by atoms with Crippen molar-refractivity contribution in [1.82, 2.24) is 9.78 Å². The number of carboxylic acid groups (broad SMARTS) is 1. The summed E-state index contributed by atoms with van der Waals surface area (Å²) in [5.41, 5.74) is 2.41. The Labute approximate surface area is 112 Å². The maximum absolute atomic E-state index is 10.9. The quantitative estimate of drug-likeness (QED) is 0.866. The molecule has 4 nitrogen and oxygen atoms in total. The second kappa shape index (κ2) is 6.18. The lowest BCUT2D eigenvalue weighted by Crippen LogP contribution is -2.07. The summed E-state index contributed by atoms with van der Waals surface area (Å²) in [7, 11) is 0. The third-order valence-electron chi connectivity index (χ3n) is 3.12. The molecule has 0 aliphatic heterocycles. The van der Waals surface area contributed by atoms with Gasteiger partial charge in [-0.15, -0.1) is 0 Å². The summed E-state index contributed by atoms with van der Waals surface area (Å²) in [6, 6.07) is 11.9. The Hall–Kier alpha value is -2.10. The summed E-state index contributed by atoms with van der Waals surface area (Å²) < 4.78 is 1.81. The van der Waals surface area contributed by atoms with Gasteiger partial charge >= 0.3 is 5.97 Å². The lowest BCUT2D eigenvalue weighted by atomic mass is 10.1. The van der Waals surface area contributed by atoms with Gasteiger partial charge in [-0.2, -0.15) is 5.10 Å². The van der Waals surface area contributed by atoms with Gasteiger partial charge in [0.1, 0.15) is 0 Å². The molecule has 19 heavy (non-hydrogen) atoms. The number of hydrogen-bond donors (Lipinski definition) is 1. The summed E-state index contributed by atoms with van der Waals surface area (Å²) in [6.07, 6.45) is 2.73. The fraction of sp³-hybridized carbons (Fsp3) is 0.333. The van der Waals surface area contributed by atoms with Crippen LogP contribution in [0.5, 0.6) is 0 Å². The molecule has 1 aromatic carbocycles. The molecule has 0 aliphatic carbocycles. The number of rotatable bonds is 6. The summed E-state index contributed by atoms with van der Waals surface area (Å²) >= 11 is 0. The SMILES string of the molecule is CCc1cc(C(=O)O)nn1CCCc1ccccc1. The lowest BCUT2D eigenvalue weighted by molar-refractivity contribution is 0.0689. The highest BCUT2D eigenvalue weighted by Gasteiger charge is 2.11. The largest absolute Gasteiger partial charge is 0.476 e. The highest BCUT2D eigenvalue weighted by atomic mass is 16.4. The molecule has 0 bridgehead atoms. The number of nitrogens with zero attached hydrogens (tertiary/aromatic N) is 2. The minimum absolute atomic E-state index is 0.136. The first-order valence-electron chi connectivity index (χ1n) is 6.54. The lowest BCUT2D eigenvalue weighted by Gasteiger charge is -2.05. The Kier molecular flexibility index (Phi) is 4.34. The Bertz CT molecular complexity index is 547. The zero-order valence-electron chi connectivity index (χ0n) is 11.0. The zero-order valence-corrected chi connectivity index (χ0v) is 11.0. The summed E-state index contributed by atoms with van der Waals surface area (Å²) in [5.74, 6) is -0.962. The maximum atomic E-state index is 10.9. The van der Waals surface area contributed by atoms with E-state index in [-0.39, 0.29) is 5.69 Å². The predicted octanol–water partition coefficient (Wildman–Crippen LogP) is 2.78. The molecular formula is C15H18N2O2. The molecule has 0 atom stereocenters. The summed E-state index contributed by atoms with van der Waals surface area (Å²) in [4.78, 5) is 10.9. The normalized spacial score (nSPS) is 10.6. The number of carboxylic acids is 1. The van der Waals surface area contributed by atoms with Crippen LogP contribution in [0, 0.1) is 0 Å². The number of aryl methyl sites for hydroxylation is 3. The van der Waals surface area contributed by atoms with Gasteiger partial charge in [0.25, 0.3) is 0 Å². The predicted molar refractivity (Wildman–Crippen MR) is 73.3 cm³/mol. The third-order valence-corrected chi connectivity index (χ3v) is 3.12. The molecule has 1 heterocycles. The van der Waals surface area contributed by atoms with Crippen molar-refractivity contribution in [2.75, 3.05) is 0 Å². The van der Waals surface area contributed by atoms with Crippen LogP contribution in [0.1, 0.15) is 35.1 Å². The fourth-order valence-electron chi connectivity index (χ4n) is 2.12. The van der Waals surface area contributed by atoms with Crippen LogP contribution >= 0.6 is 0 Å². The second-order valence-corrected chi connectivity index (χ2v) is 4.49. The highest BCUT2D eigenvalue weighted by Crippen LogP contribution is 2.09. The van der Waals surface area contributed by atoms with Crippen molar-refractivity contribution in [3.05, 3.63) is 53.3 Å². The van der Waals surface area contributed by atoms with Crippen molar-refractivity contribution < 1.29 is 9.90 Å². The molecule has 0 spiro atoms. The van der Waals surface area contributed by atoms with E-state index in [9.17, 15) is 4.79 Å². The minimum Gasteiger partial charge on any atom is -0.476 e. The van der Waals surface area contributed by atoms with E-state index in [2.05, 4.69) is 17.2 Å². The Morgan fingerprint density at radius 3 is 2.68 bits per heavy atom. The monoisotopic (exact) mass is 258 g/mol. The first kappa shape index (κ1) is 13.3. The number of aromatic nitrogens is 2. The van der Waals surface area contributed by atoms with Crippen molar-refractivity contribution in [2.45, 2.75) is 32.7 Å². The van der Waals surface area contributed by atoms with E-state index in [1.807, 2.05) is 29.8 Å². The average Bonchev–Trinajstić information content (AvgIpc) is 2.83. The van der Waals surface area contributed by atoms with Gasteiger partial charge in [0, 0.05) is 12.2 Å². The number of hydrogen-bond acceptors (Lipinski definition) is 2. The van der Waals surface area contributed by atoms with Gasteiger partial charge in [0.2, 0.25) is 0 Å². The molecule has 0 aliphatic rings. The van der Waals surface area contributed by atoms with E-state index in [4.69, 9.17) is 5.11 Å². The molecule has 100 valence electrons. The molecule has 4 heteroatoms. The van der Waals surface area contributed by atoms with Crippen LogP contribution in [0.2, 0.25) is 0 Å². The van der Waals surface area contributed by atoms with Crippen LogP contribution in [0.4, 0.5) is 0 Å². The molecule has 2 aromatic rings. The van der Waals surface area contributed by atoms with Crippen LogP contribution in [-0.2, 0) is 19.4 Å². The van der Waals surface area contributed by atoms with E-state index < -0.39 is 5.97 Å². The molecule has 1 aromatic heterocycles.